The average molecular weight is 391 g/mol. The molecule has 1 saturated heterocycles. The van der Waals surface area contributed by atoms with E-state index in [2.05, 4.69) is 19.9 Å². The number of aromatic nitrogens is 4. The zero-order chi connectivity index (χ0) is 20.6. The van der Waals surface area contributed by atoms with Crippen LogP contribution in [0.25, 0.3) is 10.9 Å². The molecule has 3 aromatic heterocycles. The number of pyridine rings is 2. The third-order valence-electron chi connectivity index (χ3n) is 5.34. The lowest BCUT2D eigenvalue weighted by atomic mass is 9.93. The molecule has 1 atom stereocenters. The molecule has 4 rings (SSSR count). The molecule has 150 valence electrons. The minimum absolute atomic E-state index is 0.0695. The predicted molar refractivity (Wildman–Crippen MR) is 111 cm³/mol. The van der Waals surface area contributed by atoms with E-state index in [0.717, 1.165) is 23.9 Å². The molecule has 1 unspecified atom stereocenters. The minimum atomic E-state index is -0.187. The molecule has 0 aromatic carbocycles. The Bertz CT molecular complexity index is 1100. The number of amides is 1. The summed E-state index contributed by atoms with van der Waals surface area (Å²) >= 11 is 0. The topological polar surface area (TPSA) is 91.8 Å². The number of hydrogen-bond acceptors (Lipinski definition) is 5. The molecule has 0 saturated carbocycles. The van der Waals surface area contributed by atoms with Gasteiger partial charge in [-0.2, -0.15) is 0 Å². The predicted octanol–water partition coefficient (Wildman–Crippen LogP) is 3.03. The van der Waals surface area contributed by atoms with Crippen LogP contribution in [0.2, 0.25) is 0 Å². The fraction of sp³-hybridized carbons (Fsp3) is 0.409. The van der Waals surface area contributed by atoms with Crippen LogP contribution < -0.4 is 5.56 Å². The van der Waals surface area contributed by atoms with E-state index in [9.17, 15) is 9.59 Å². The molecule has 0 spiro atoms. The minimum Gasteiger partial charge on any atom is -0.338 e. The molecular formula is C22H25N5O2. The first kappa shape index (κ1) is 19.2. The van der Waals surface area contributed by atoms with Crippen LogP contribution in [0.1, 0.15) is 61.4 Å². The number of hydrogen-bond donors (Lipinski definition) is 1. The normalized spacial score (nSPS) is 17.5. The Morgan fingerprint density at radius 1 is 1.21 bits per heavy atom. The first-order valence-electron chi connectivity index (χ1n) is 9.92. The Kier molecular flexibility index (Phi) is 4.90. The number of carbonyl (C=O) groups excluding carboxylic acids is 1. The SMILES string of the molecule is CC(C)(C)c1ncc(C(=O)N2CCCC(c3cc4cccnc4c(=O)[nH]3)C2)cn1. The molecule has 1 N–H and O–H groups in total. The highest BCUT2D eigenvalue weighted by atomic mass is 16.2. The van der Waals surface area contributed by atoms with Gasteiger partial charge in [0.1, 0.15) is 11.3 Å². The maximum absolute atomic E-state index is 13.0. The van der Waals surface area contributed by atoms with Crippen LogP contribution >= 0.6 is 0 Å². The molecular weight excluding hydrogens is 366 g/mol. The van der Waals surface area contributed by atoms with Crippen LogP contribution in [0.3, 0.4) is 0 Å². The molecule has 4 heterocycles. The van der Waals surface area contributed by atoms with Crippen molar-refractivity contribution in [2.75, 3.05) is 13.1 Å². The molecule has 0 aliphatic carbocycles. The number of piperidine rings is 1. The van der Waals surface area contributed by atoms with Gasteiger partial charge in [-0.25, -0.2) is 9.97 Å². The van der Waals surface area contributed by atoms with Gasteiger partial charge in [0.25, 0.3) is 11.5 Å². The van der Waals surface area contributed by atoms with Crippen molar-refractivity contribution in [2.24, 2.45) is 0 Å². The van der Waals surface area contributed by atoms with Crippen LogP contribution in [0, 0.1) is 0 Å². The Hall–Kier alpha value is -3.09. The molecule has 0 radical (unpaired) electrons. The number of fused-ring (bicyclic) bond motifs is 1. The fourth-order valence-electron chi connectivity index (χ4n) is 3.76. The van der Waals surface area contributed by atoms with Gasteiger partial charge in [0.15, 0.2) is 0 Å². The third-order valence-corrected chi connectivity index (χ3v) is 5.34. The van der Waals surface area contributed by atoms with Gasteiger partial charge in [0, 0.05) is 54.1 Å². The van der Waals surface area contributed by atoms with E-state index in [4.69, 9.17) is 0 Å². The fourth-order valence-corrected chi connectivity index (χ4v) is 3.76. The van der Waals surface area contributed by atoms with E-state index in [1.54, 1.807) is 18.6 Å². The second-order valence-corrected chi connectivity index (χ2v) is 8.63. The summed E-state index contributed by atoms with van der Waals surface area (Å²) in [5.41, 5.74) is 1.44. The molecule has 1 aliphatic rings. The lowest BCUT2D eigenvalue weighted by molar-refractivity contribution is 0.0705. The van der Waals surface area contributed by atoms with Crippen LogP contribution in [0.5, 0.6) is 0 Å². The Morgan fingerprint density at radius 3 is 2.69 bits per heavy atom. The second-order valence-electron chi connectivity index (χ2n) is 8.63. The van der Waals surface area contributed by atoms with E-state index in [1.165, 1.54) is 0 Å². The highest BCUT2D eigenvalue weighted by Gasteiger charge is 2.27. The zero-order valence-electron chi connectivity index (χ0n) is 17.0. The summed E-state index contributed by atoms with van der Waals surface area (Å²) in [5, 5.41) is 0.820. The molecule has 3 aromatic rings. The summed E-state index contributed by atoms with van der Waals surface area (Å²) < 4.78 is 0. The lowest BCUT2D eigenvalue weighted by Gasteiger charge is -2.32. The summed E-state index contributed by atoms with van der Waals surface area (Å²) in [7, 11) is 0. The monoisotopic (exact) mass is 391 g/mol. The quantitative estimate of drug-likeness (QED) is 0.725. The van der Waals surface area contributed by atoms with Crippen LogP contribution in [0.4, 0.5) is 0 Å². The number of nitrogens with zero attached hydrogens (tertiary/aromatic N) is 4. The van der Waals surface area contributed by atoms with E-state index in [-0.39, 0.29) is 22.8 Å². The number of rotatable bonds is 2. The first-order valence-corrected chi connectivity index (χ1v) is 9.92. The smallest absolute Gasteiger partial charge is 0.274 e. The van der Waals surface area contributed by atoms with Crippen molar-refractivity contribution in [3.63, 3.8) is 0 Å². The highest BCUT2D eigenvalue weighted by Crippen LogP contribution is 2.27. The van der Waals surface area contributed by atoms with Crippen molar-refractivity contribution in [1.29, 1.82) is 0 Å². The maximum Gasteiger partial charge on any atom is 0.274 e. The van der Waals surface area contributed by atoms with Gasteiger partial charge in [-0.05, 0) is 25.0 Å². The number of likely N-dealkylation sites (tertiary alicyclic amines) is 1. The number of carbonyl (C=O) groups is 1. The zero-order valence-corrected chi connectivity index (χ0v) is 17.0. The number of aromatic amines is 1. The lowest BCUT2D eigenvalue weighted by Crippen LogP contribution is -2.39. The Labute approximate surface area is 169 Å². The molecule has 29 heavy (non-hydrogen) atoms. The summed E-state index contributed by atoms with van der Waals surface area (Å²) in [6, 6.07) is 5.69. The van der Waals surface area contributed by atoms with Crippen LogP contribution in [-0.4, -0.2) is 43.8 Å². The Morgan fingerprint density at radius 2 is 1.97 bits per heavy atom. The largest absolute Gasteiger partial charge is 0.338 e. The standard InChI is InChI=1S/C22H25N5O2/c1-22(2,3)21-24-11-16(12-25-21)20(29)27-9-5-7-15(13-27)17-10-14-6-4-8-23-18(14)19(28)26-17/h4,6,8,10-12,15H,5,7,9,13H2,1-3H3,(H,26,28). The summed E-state index contributed by atoms with van der Waals surface area (Å²) in [4.78, 5) is 43.1. The molecule has 1 fully saturated rings. The van der Waals surface area contributed by atoms with Gasteiger partial charge >= 0.3 is 0 Å². The van der Waals surface area contributed by atoms with E-state index >= 15 is 0 Å². The molecule has 1 amide bonds. The van der Waals surface area contributed by atoms with Crippen molar-refractivity contribution in [2.45, 2.75) is 44.9 Å². The van der Waals surface area contributed by atoms with Gasteiger partial charge in [-0.15, -0.1) is 0 Å². The second kappa shape index (κ2) is 7.39. The van der Waals surface area contributed by atoms with Crippen molar-refractivity contribution >= 4 is 16.8 Å². The van der Waals surface area contributed by atoms with Gasteiger partial charge in [0.05, 0.1) is 5.56 Å². The summed E-state index contributed by atoms with van der Waals surface area (Å²) in [6.45, 7) is 7.37. The first-order chi connectivity index (χ1) is 13.8. The molecule has 0 bridgehead atoms. The van der Waals surface area contributed by atoms with Crippen molar-refractivity contribution < 1.29 is 4.79 Å². The number of nitrogens with one attached hydrogen (secondary N) is 1. The van der Waals surface area contributed by atoms with Gasteiger partial charge in [-0.3, -0.25) is 14.6 Å². The average Bonchev–Trinajstić information content (AvgIpc) is 2.73. The van der Waals surface area contributed by atoms with Crippen LogP contribution in [0.15, 0.2) is 41.6 Å². The Balaban J connectivity index is 1.55. The molecule has 1 aliphatic heterocycles. The van der Waals surface area contributed by atoms with Crippen molar-refractivity contribution in [3.05, 3.63) is 64.2 Å². The van der Waals surface area contributed by atoms with Gasteiger partial charge in [-0.1, -0.05) is 26.8 Å². The van der Waals surface area contributed by atoms with Crippen molar-refractivity contribution in [3.8, 4) is 0 Å². The van der Waals surface area contributed by atoms with Gasteiger partial charge < -0.3 is 9.88 Å². The summed E-state index contributed by atoms with van der Waals surface area (Å²) in [6.07, 6.45) is 6.65. The van der Waals surface area contributed by atoms with E-state index in [0.29, 0.717) is 30.0 Å². The third kappa shape index (κ3) is 3.90. The molecule has 7 heteroatoms. The molecule has 7 nitrogen and oxygen atoms in total. The van der Waals surface area contributed by atoms with E-state index < -0.39 is 0 Å². The number of H-pyrrole nitrogens is 1. The van der Waals surface area contributed by atoms with Crippen LogP contribution in [-0.2, 0) is 5.41 Å². The van der Waals surface area contributed by atoms with E-state index in [1.807, 2.05) is 43.9 Å². The van der Waals surface area contributed by atoms with Gasteiger partial charge in [0.2, 0.25) is 0 Å². The highest BCUT2D eigenvalue weighted by molar-refractivity contribution is 5.93. The summed E-state index contributed by atoms with van der Waals surface area (Å²) in [5.74, 6) is 0.729. The maximum atomic E-state index is 13.0. The van der Waals surface area contributed by atoms with Crippen molar-refractivity contribution in [1.82, 2.24) is 24.8 Å².